The molecule has 0 amide bonds. The summed E-state index contributed by atoms with van der Waals surface area (Å²) in [5.41, 5.74) is 1.05. The van der Waals surface area contributed by atoms with E-state index >= 15 is 0 Å². The van der Waals surface area contributed by atoms with Crippen LogP contribution in [0.15, 0.2) is 6.07 Å². The van der Waals surface area contributed by atoms with E-state index in [1.165, 1.54) is 19.3 Å². The molecule has 0 aromatic carbocycles. The largest absolute Gasteiger partial charge is 0.367 e. The molecule has 3 nitrogen and oxygen atoms in total. The third-order valence-corrected chi connectivity index (χ3v) is 4.47. The third-order valence-electron chi connectivity index (χ3n) is 4.47. The molecule has 0 spiro atoms. The number of aromatic nitrogens is 2. The zero-order valence-electron chi connectivity index (χ0n) is 12.9. The second kappa shape index (κ2) is 5.89. The van der Waals surface area contributed by atoms with E-state index in [1.807, 2.05) is 6.92 Å². The van der Waals surface area contributed by atoms with Gasteiger partial charge in [-0.25, -0.2) is 9.97 Å². The van der Waals surface area contributed by atoms with Crippen LogP contribution < -0.4 is 5.32 Å². The first kappa shape index (κ1) is 14.3. The second-order valence-corrected chi connectivity index (χ2v) is 6.26. The number of nitrogens with zero attached hydrogens (tertiary/aromatic N) is 2. The Morgan fingerprint density at radius 2 is 2.05 bits per heavy atom. The standard InChI is InChI=1S/C16H27N3/c1-6-13-7-8-14(12(13)5)18-15-9-11(4)17-16(19-15)10(2)3/h9-10,12-14H,6-8H2,1-5H3,(H,17,18,19). The van der Waals surface area contributed by atoms with Crippen LogP contribution in [0.25, 0.3) is 0 Å². The van der Waals surface area contributed by atoms with Gasteiger partial charge in [0.1, 0.15) is 11.6 Å². The van der Waals surface area contributed by atoms with Crippen molar-refractivity contribution in [2.75, 3.05) is 5.32 Å². The van der Waals surface area contributed by atoms with Crippen LogP contribution in [-0.2, 0) is 0 Å². The van der Waals surface area contributed by atoms with E-state index in [0.29, 0.717) is 12.0 Å². The molecule has 2 rings (SSSR count). The van der Waals surface area contributed by atoms with Crippen LogP contribution in [-0.4, -0.2) is 16.0 Å². The van der Waals surface area contributed by atoms with Crippen LogP contribution in [0.1, 0.15) is 64.4 Å². The number of nitrogens with one attached hydrogen (secondary N) is 1. The Morgan fingerprint density at radius 3 is 2.63 bits per heavy atom. The van der Waals surface area contributed by atoms with Gasteiger partial charge in [-0.15, -0.1) is 0 Å². The molecule has 3 atom stereocenters. The van der Waals surface area contributed by atoms with E-state index in [4.69, 9.17) is 0 Å². The van der Waals surface area contributed by atoms with Crippen LogP contribution in [0.4, 0.5) is 5.82 Å². The van der Waals surface area contributed by atoms with E-state index in [1.54, 1.807) is 0 Å². The first-order valence-electron chi connectivity index (χ1n) is 7.63. The molecule has 0 aliphatic heterocycles. The summed E-state index contributed by atoms with van der Waals surface area (Å²) in [6, 6.07) is 2.64. The van der Waals surface area contributed by atoms with Gasteiger partial charge in [-0.2, -0.15) is 0 Å². The number of anilines is 1. The van der Waals surface area contributed by atoms with Crippen molar-refractivity contribution < 1.29 is 0 Å². The Morgan fingerprint density at radius 1 is 1.32 bits per heavy atom. The van der Waals surface area contributed by atoms with Crippen molar-refractivity contribution in [1.82, 2.24) is 9.97 Å². The highest BCUT2D eigenvalue weighted by atomic mass is 15.1. The highest BCUT2D eigenvalue weighted by molar-refractivity contribution is 5.38. The molecule has 19 heavy (non-hydrogen) atoms. The van der Waals surface area contributed by atoms with Gasteiger partial charge in [-0.3, -0.25) is 0 Å². The van der Waals surface area contributed by atoms with Gasteiger partial charge < -0.3 is 5.32 Å². The first-order valence-corrected chi connectivity index (χ1v) is 7.63. The molecule has 1 aliphatic rings. The summed E-state index contributed by atoms with van der Waals surface area (Å²) in [6.07, 6.45) is 3.90. The van der Waals surface area contributed by atoms with Crippen molar-refractivity contribution in [3.8, 4) is 0 Å². The van der Waals surface area contributed by atoms with Crippen LogP contribution >= 0.6 is 0 Å². The Kier molecular flexibility index (Phi) is 4.43. The average molecular weight is 261 g/mol. The third kappa shape index (κ3) is 3.26. The fourth-order valence-corrected chi connectivity index (χ4v) is 3.14. The Bertz CT molecular complexity index is 428. The fourth-order valence-electron chi connectivity index (χ4n) is 3.14. The maximum Gasteiger partial charge on any atom is 0.133 e. The molecule has 0 radical (unpaired) electrons. The van der Waals surface area contributed by atoms with E-state index < -0.39 is 0 Å². The lowest BCUT2D eigenvalue weighted by atomic mass is 9.93. The summed E-state index contributed by atoms with van der Waals surface area (Å²) >= 11 is 0. The average Bonchev–Trinajstić information content (AvgIpc) is 2.70. The molecular formula is C16H27N3. The van der Waals surface area contributed by atoms with Crippen molar-refractivity contribution in [2.24, 2.45) is 11.8 Å². The molecule has 1 N–H and O–H groups in total. The van der Waals surface area contributed by atoms with Gasteiger partial charge in [0.2, 0.25) is 0 Å². The van der Waals surface area contributed by atoms with Gasteiger partial charge >= 0.3 is 0 Å². The van der Waals surface area contributed by atoms with E-state index in [0.717, 1.165) is 29.2 Å². The van der Waals surface area contributed by atoms with Crippen molar-refractivity contribution in [3.63, 3.8) is 0 Å². The number of rotatable bonds is 4. The van der Waals surface area contributed by atoms with E-state index in [9.17, 15) is 0 Å². The molecular weight excluding hydrogens is 234 g/mol. The number of hydrogen-bond donors (Lipinski definition) is 1. The van der Waals surface area contributed by atoms with Crippen molar-refractivity contribution in [1.29, 1.82) is 0 Å². The molecule has 1 fully saturated rings. The maximum absolute atomic E-state index is 4.66. The summed E-state index contributed by atoms with van der Waals surface area (Å²) in [5.74, 6) is 3.93. The molecule has 3 heteroatoms. The molecule has 1 heterocycles. The molecule has 0 bridgehead atoms. The minimum atomic E-state index is 0.379. The Balaban J connectivity index is 2.11. The molecule has 3 unspecified atom stereocenters. The van der Waals surface area contributed by atoms with Crippen LogP contribution in [0.2, 0.25) is 0 Å². The molecule has 1 aliphatic carbocycles. The van der Waals surface area contributed by atoms with Gasteiger partial charge in [0, 0.05) is 23.7 Å². The van der Waals surface area contributed by atoms with Gasteiger partial charge in [0.15, 0.2) is 0 Å². The molecule has 1 aromatic rings. The summed E-state index contributed by atoms with van der Waals surface area (Å²) in [5, 5.41) is 3.64. The van der Waals surface area contributed by atoms with Gasteiger partial charge in [0.25, 0.3) is 0 Å². The molecule has 1 saturated carbocycles. The predicted octanol–water partition coefficient (Wildman–Crippen LogP) is 4.15. The molecule has 0 saturated heterocycles. The topological polar surface area (TPSA) is 37.8 Å². The highest BCUT2D eigenvalue weighted by Crippen LogP contribution is 2.35. The van der Waals surface area contributed by atoms with Gasteiger partial charge in [-0.05, 0) is 31.6 Å². The maximum atomic E-state index is 4.66. The summed E-state index contributed by atoms with van der Waals surface area (Å²) in [4.78, 5) is 9.17. The number of aryl methyl sites for hydroxylation is 1. The Labute approximate surface area is 117 Å². The van der Waals surface area contributed by atoms with Gasteiger partial charge in [-0.1, -0.05) is 34.1 Å². The van der Waals surface area contributed by atoms with Crippen molar-refractivity contribution >= 4 is 5.82 Å². The van der Waals surface area contributed by atoms with Crippen molar-refractivity contribution in [2.45, 2.75) is 65.8 Å². The zero-order chi connectivity index (χ0) is 14.0. The van der Waals surface area contributed by atoms with Crippen LogP contribution in [0.5, 0.6) is 0 Å². The smallest absolute Gasteiger partial charge is 0.133 e. The van der Waals surface area contributed by atoms with E-state index in [-0.39, 0.29) is 0 Å². The summed E-state index contributed by atoms with van der Waals surface area (Å²) in [7, 11) is 0. The molecule has 1 aromatic heterocycles. The monoisotopic (exact) mass is 261 g/mol. The van der Waals surface area contributed by atoms with Crippen molar-refractivity contribution in [3.05, 3.63) is 17.6 Å². The van der Waals surface area contributed by atoms with E-state index in [2.05, 4.69) is 49.0 Å². The molecule has 106 valence electrons. The SMILES string of the molecule is CCC1CCC(Nc2cc(C)nc(C(C)C)n2)C1C. The minimum Gasteiger partial charge on any atom is -0.367 e. The fraction of sp³-hybridized carbons (Fsp3) is 0.750. The lowest BCUT2D eigenvalue weighted by molar-refractivity contribution is 0.391. The Hall–Kier alpha value is -1.12. The lowest BCUT2D eigenvalue weighted by Gasteiger charge is -2.22. The predicted molar refractivity (Wildman–Crippen MR) is 80.4 cm³/mol. The normalized spacial score (nSPS) is 26.9. The highest BCUT2D eigenvalue weighted by Gasteiger charge is 2.31. The summed E-state index contributed by atoms with van der Waals surface area (Å²) < 4.78 is 0. The zero-order valence-corrected chi connectivity index (χ0v) is 12.9. The van der Waals surface area contributed by atoms with Crippen LogP contribution in [0, 0.1) is 18.8 Å². The first-order chi connectivity index (χ1) is 9.01. The quantitative estimate of drug-likeness (QED) is 0.885. The van der Waals surface area contributed by atoms with Gasteiger partial charge in [0.05, 0.1) is 0 Å². The van der Waals surface area contributed by atoms with Crippen LogP contribution in [0.3, 0.4) is 0 Å². The minimum absolute atomic E-state index is 0.379. The lowest BCUT2D eigenvalue weighted by Crippen LogP contribution is -2.25. The number of hydrogen-bond acceptors (Lipinski definition) is 3. The summed E-state index contributed by atoms with van der Waals surface area (Å²) in [6.45, 7) is 11.0. The second-order valence-electron chi connectivity index (χ2n) is 6.26.